The summed E-state index contributed by atoms with van der Waals surface area (Å²) in [5.41, 5.74) is 0.924. The minimum Gasteiger partial charge on any atom is -0.506 e. The van der Waals surface area contributed by atoms with E-state index in [4.69, 9.17) is 22.1 Å². The summed E-state index contributed by atoms with van der Waals surface area (Å²) in [5.74, 6) is -1.96. The Balaban J connectivity index is 1.82. The van der Waals surface area contributed by atoms with Crippen LogP contribution in [0.25, 0.3) is 0 Å². The predicted octanol–water partition coefficient (Wildman–Crippen LogP) is 4.54. The average molecular weight is 537 g/mol. The number of rotatable bonds is 7. The minimum atomic E-state index is -3.99. The van der Waals surface area contributed by atoms with Gasteiger partial charge in [-0.05, 0) is 49.7 Å². The number of halogens is 1. The molecule has 0 heterocycles. The van der Waals surface area contributed by atoms with E-state index in [1.165, 1.54) is 36.4 Å². The molecular formula is C26H21ClN4O5S. The SMILES string of the molecule is CCC(C(=O)Nc1cc(O)c(NC(=O)c2ccc(C#N)c(C#N)c2)cc1Cl)S(=O)(=O)c1ccc(C)cc1. The molecule has 188 valence electrons. The lowest BCUT2D eigenvalue weighted by molar-refractivity contribution is -0.115. The fraction of sp³-hybridized carbons (Fsp3) is 0.154. The average Bonchev–Trinajstić information content (AvgIpc) is 2.86. The number of nitrogens with one attached hydrogen (secondary N) is 2. The molecule has 1 unspecified atom stereocenters. The van der Waals surface area contributed by atoms with Crippen LogP contribution in [0.5, 0.6) is 5.75 Å². The summed E-state index contributed by atoms with van der Waals surface area (Å²) < 4.78 is 26.1. The molecule has 0 spiro atoms. The first kappa shape index (κ1) is 27.2. The second-order valence-electron chi connectivity index (χ2n) is 8.03. The Hall–Kier alpha value is -4.38. The molecule has 37 heavy (non-hydrogen) atoms. The van der Waals surface area contributed by atoms with E-state index in [1.54, 1.807) is 19.1 Å². The van der Waals surface area contributed by atoms with E-state index in [0.29, 0.717) is 0 Å². The van der Waals surface area contributed by atoms with Crippen LogP contribution in [0.2, 0.25) is 5.02 Å². The zero-order chi connectivity index (χ0) is 27.3. The van der Waals surface area contributed by atoms with Gasteiger partial charge >= 0.3 is 0 Å². The number of aromatic hydroxyl groups is 1. The maximum atomic E-state index is 13.0. The third kappa shape index (κ3) is 5.89. The zero-order valence-corrected chi connectivity index (χ0v) is 21.3. The van der Waals surface area contributed by atoms with E-state index >= 15 is 0 Å². The van der Waals surface area contributed by atoms with Crippen molar-refractivity contribution >= 4 is 44.6 Å². The number of nitriles is 2. The highest BCUT2D eigenvalue weighted by Gasteiger charge is 2.33. The molecule has 0 aliphatic heterocycles. The number of sulfone groups is 1. The first-order valence-electron chi connectivity index (χ1n) is 10.9. The third-order valence-corrected chi connectivity index (χ3v) is 8.04. The van der Waals surface area contributed by atoms with Gasteiger partial charge in [0, 0.05) is 11.6 Å². The number of aryl methyl sites for hydroxylation is 1. The van der Waals surface area contributed by atoms with Gasteiger partial charge in [-0.15, -0.1) is 0 Å². The number of hydrogen-bond acceptors (Lipinski definition) is 7. The minimum absolute atomic E-state index is 0.00490. The van der Waals surface area contributed by atoms with Crippen LogP contribution in [-0.2, 0) is 14.6 Å². The number of carbonyl (C=O) groups is 2. The fourth-order valence-electron chi connectivity index (χ4n) is 3.48. The third-order valence-electron chi connectivity index (χ3n) is 5.50. The maximum absolute atomic E-state index is 13.0. The normalized spacial score (nSPS) is 11.6. The van der Waals surface area contributed by atoms with E-state index in [0.717, 1.165) is 11.6 Å². The highest BCUT2D eigenvalue weighted by Crippen LogP contribution is 2.35. The van der Waals surface area contributed by atoms with Crippen molar-refractivity contribution in [3.05, 3.63) is 81.9 Å². The van der Waals surface area contributed by atoms with Crippen molar-refractivity contribution in [3.63, 3.8) is 0 Å². The molecule has 3 aromatic carbocycles. The molecule has 2 amide bonds. The van der Waals surface area contributed by atoms with Crippen LogP contribution in [0, 0.1) is 29.6 Å². The van der Waals surface area contributed by atoms with Crippen molar-refractivity contribution in [2.45, 2.75) is 30.4 Å². The Kier molecular flexibility index (Phi) is 8.18. The summed E-state index contributed by atoms with van der Waals surface area (Å²) in [6.07, 6.45) is -0.00490. The topological polar surface area (TPSA) is 160 Å². The van der Waals surface area contributed by atoms with Gasteiger partial charge in [-0.1, -0.05) is 36.2 Å². The lowest BCUT2D eigenvalue weighted by Crippen LogP contribution is -2.34. The van der Waals surface area contributed by atoms with Crippen LogP contribution in [0.15, 0.2) is 59.5 Å². The van der Waals surface area contributed by atoms with Crippen molar-refractivity contribution in [3.8, 4) is 17.9 Å². The first-order valence-corrected chi connectivity index (χ1v) is 12.8. The number of benzene rings is 3. The van der Waals surface area contributed by atoms with E-state index in [9.17, 15) is 23.1 Å². The van der Waals surface area contributed by atoms with Gasteiger partial charge in [0.25, 0.3) is 5.91 Å². The van der Waals surface area contributed by atoms with Crippen molar-refractivity contribution in [1.29, 1.82) is 10.5 Å². The molecule has 0 saturated carbocycles. The molecular weight excluding hydrogens is 516 g/mol. The van der Waals surface area contributed by atoms with Crippen LogP contribution < -0.4 is 10.6 Å². The van der Waals surface area contributed by atoms with Crippen LogP contribution >= 0.6 is 11.6 Å². The molecule has 0 saturated heterocycles. The monoisotopic (exact) mass is 536 g/mol. The summed E-state index contributed by atoms with van der Waals surface area (Å²) in [6, 6.07) is 16.0. The number of anilines is 2. The molecule has 0 aromatic heterocycles. The van der Waals surface area contributed by atoms with E-state index in [1.807, 2.05) is 19.1 Å². The van der Waals surface area contributed by atoms with Gasteiger partial charge in [-0.3, -0.25) is 9.59 Å². The zero-order valence-electron chi connectivity index (χ0n) is 19.7. The molecule has 0 aliphatic rings. The Morgan fingerprint density at radius 3 is 2.22 bits per heavy atom. The van der Waals surface area contributed by atoms with Crippen LogP contribution in [0.1, 0.15) is 40.4 Å². The van der Waals surface area contributed by atoms with Gasteiger partial charge in [0.15, 0.2) is 9.84 Å². The maximum Gasteiger partial charge on any atom is 0.255 e. The molecule has 1 atom stereocenters. The second-order valence-corrected chi connectivity index (χ2v) is 10.6. The molecule has 3 rings (SSSR count). The Labute approximate surface area is 218 Å². The summed E-state index contributed by atoms with van der Waals surface area (Å²) in [4.78, 5) is 25.5. The molecule has 0 aliphatic carbocycles. The lowest BCUT2D eigenvalue weighted by Gasteiger charge is -2.17. The smallest absolute Gasteiger partial charge is 0.255 e. The van der Waals surface area contributed by atoms with Gasteiger partial charge < -0.3 is 15.7 Å². The van der Waals surface area contributed by atoms with Gasteiger partial charge in [-0.25, -0.2) is 8.42 Å². The van der Waals surface area contributed by atoms with E-state index in [-0.39, 0.29) is 44.4 Å². The Morgan fingerprint density at radius 1 is 0.973 bits per heavy atom. The molecule has 9 nitrogen and oxygen atoms in total. The van der Waals surface area contributed by atoms with Crippen molar-refractivity contribution in [2.24, 2.45) is 0 Å². The summed E-state index contributed by atoms with van der Waals surface area (Å²) >= 11 is 6.25. The van der Waals surface area contributed by atoms with Crippen LogP contribution in [0.3, 0.4) is 0 Å². The Bertz CT molecular complexity index is 1570. The second kappa shape index (κ2) is 11.1. The van der Waals surface area contributed by atoms with Crippen LogP contribution in [0.4, 0.5) is 11.4 Å². The highest BCUT2D eigenvalue weighted by atomic mass is 35.5. The lowest BCUT2D eigenvalue weighted by atomic mass is 10.1. The van der Waals surface area contributed by atoms with Crippen molar-refractivity contribution in [1.82, 2.24) is 0 Å². The Morgan fingerprint density at radius 2 is 1.62 bits per heavy atom. The highest BCUT2D eigenvalue weighted by molar-refractivity contribution is 7.92. The number of phenols is 1. The summed E-state index contributed by atoms with van der Waals surface area (Å²) in [7, 11) is -3.99. The van der Waals surface area contributed by atoms with Gasteiger partial charge in [0.05, 0.1) is 32.4 Å². The largest absolute Gasteiger partial charge is 0.506 e. The fourth-order valence-corrected chi connectivity index (χ4v) is 5.31. The number of phenolic OH excluding ortho intramolecular Hbond substituents is 1. The number of amides is 2. The van der Waals surface area contributed by atoms with Gasteiger partial charge in [0.2, 0.25) is 5.91 Å². The molecule has 3 N–H and O–H groups in total. The summed E-state index contributed by atoms with van der Waals surface area (Å²) in [6.45, 7) is 3.38. The van der Waals surface area contributed by atoms with Gasteiger partial charge in [-0.2, -0.15) is 10.5 Å². The first-order chi connectivity index (χ1) is 17.5. The van der Waals surface area contributed by atoms with E-state index in [2.05, 4.69) is 10.6 Å². The van der Waals surface area contributed by atoms with Crippen molar-refractivity contribution < 1.29 is 23.1 Å². The number of nitrogens with zero attached hydrogens (tertiary/aromatic N) is 2. The number of carbonyl (C=O) groups excluding carboxylic acids is 2. The molecule has 3 aromatic rings. The molecule has 0 fully saturated rings. The molecule has 11 heteroatoms. The predicted molar refractivity (Wildman–Crippen MR) is 138 cm³/mol. The summed E-state index contributed by atoms with van der Waals surface area (Å²) in [5, 5.41) is 32.0. The standard InChI is InChI=1S/C26H21ClN4O5S/c1-3-24(37(35,36)19-8-4-15(2)5-9-19)26(34)30-21-12-23(32)22(11-20(21)27)31-25(33)16-6-7-17(13-28)18(10-16)14-29/h4-12,24,32H,3H2,1-2H3,(H,30,34)(H,31,33). The molecule has 0 bridgehead atoms. The van der Waals surface area contributed by atoms with E-state index < -0.39 is 32.7 Å². The number of hydrogen-bond donors (Lipinski definition) is 3. The van der Waals surface area contributed by atoms with Gasteiger partial charge in [0.1, 0.15) is 23.1 Å². The van der Waals surface area contributed by atoms with Crippen LogP contribution in [-0.4, -0.2) is 30.6 Å². The van der Waals surface area contributed by atoms with Crippen molar-refractivity contribution in [2.75, 3.05) is 10.6 Å². The quantitative estimate of drug-likeness (QED) is 0.373. The molecule has 0 radical (unpaired) electrons.